The Kier molecular flexibility index (Phi) is 3.80. The van der Waals surface area contributed by atoms with Crippen LogP contribution in [0, 0.1) is 0 Å². The lowest BCUT2D eigenvalue weighted by molar-refractivity contribution is -0.136. The Labute approximate surface area is 104 Å². The largest absolute Gasteiger partial charge is 0.481 e. The summed E-state index contributed by atoms with van der Waals surface area (Å²) in [5, 5.41) is 11.4. The molecule has 0 saturated carbocycles. The van der Waals surface area contributed by atoms with Crippen molar-refractivity contribution in [2.24, 2.45) is 0 Å². The standard InChI is InChI=1S/C12H12N4O2/c17-11(18)4-8-15-12-14-7-3-10(16-12)9-1-5-13-6-2-9/h1-3,5-7H,4,8H2,(H,17,18)(H,14,15,16). The number of pyridine rings is 1. The fraction of sp³-hybridized carbons (Fsp3) is 0.167. The summed E-state index contributed by atoms with van der Waals surface area (Å²) in [4.78, 5) is 22.7. The predicted octanol–water partition coefficient (Wildman–Crippen LogP) is 1.43. The SMILES string of the molecule is O=C(O)CCNc1nccc(-c2ccncc2)n1. The van der Waals surface area contributed by atoms with Crippen molar-refractivity contribution in [3.8, 4) is 11.3 Å². The molecular formula is C12H12N4O2. The molecule has 0 saturated heterocycles. The van der Waals surface area contributed by atoms with Gasteiger partial charge in [-0.2, -0.15) is 0 Å². The lowest BCUT2D eigenvalue weighted by Crippen LogP contribution is -2.09. The predicted molar refractivity (Wildman–Crippen MR) is 66.0 cm³/mol. The second-order valence-corrected chi connectivity index (χ2v) is 3.57. The number of aromatic nitrogens is 3. The van der Waals surface area contributed by atoms with E-state index in [4.69, 9.17) is 5.11 Å². The minimum Gasteiger partial charge on any atom is -0.481 e. The lowest BCUT2D eigenvalue weighted by Gasteiger charge is -2.05. The Bertz CT molecular complexity index is 531. The third-order valence-corrected chi connectivity index (χ3v) is 2.25. The van der Waals surface area contributed by atoms with Gasteiger partial charge in [-0.15, -0.1) is 0 Å². The number of carboxylic acids is 1. The minimum absolute atomic E-state index is 0.0306. The van der Waals surface area contributed by atoms with Crippen LogP contribution in [0.25, 0.3) is 11.3 Å². The van der Waals surface area contributed by atoms with Gasteiger partial charge in [-0.05, 0) is 18.2 Å². The van der Waals surface area contributed by atoms with Gasteiger partial charge >= 0.3 is 5.97 Å². The summed E-state index contributed by atoms with van der Waals surface area (Å²) in [7, 11) is 0. The molecule has 0 radical (unpaired) electrons. The first-order chi connectivity index (χ1) is 8.75. The van der Waals surface area contributed by atoms with Crippen molar-refractivity contribution in [1.29, 1.82) is 0 Å². The van der Waals surface area contributed by atoms with E-state index in [0.29, 0.717) is 12.5 Å². The molecule has 0 atom stereocenters. The van der Waals surface area contributed by atoms with Crippen molar-refractivity contribution < 1.29 is 9.90 Å². The molecule has 0 unspecified atom stereocenters. The van der Waals surface area contributed by atoms with E-state index in [0.717, 1.165) is 11.3 Å². The molecule has 92 valence electrons. The summed E-state index contributed by atoms with van der Waals surface area (Å²) in [5.74, 6) is -0.432. The number of hydrogen-bond donors (Lipinski definition) is 2. The van der Waals surface area contributed by atoms with Gasteiger partial charge in [-0.3, -0.25) is 9.78 Å². The summed E-state index contributed by atoms with van der Waals surface area (Å²) >= 11 is 0. The monoisotopic (exact) mass is 244 g/mol. The number of aliphatic carboxylic acids is 1. The van der Waals surface area contributed by atoms with Gasteiger partial charge in [0, 0.05) is 30.7 Å². The van der Waals surface area contributed by atoms with Gasteiger partial charge in [0.05, 0.1) is 12.1 Å². The summed E-state index contributed by atoms with van der Waals surface area (Å²) in [6.45, 7) is 0.301. The van der Waals surface area contributed by atoms with Crippen LogP contribution in [-0.4, -0.2) is 32.6 Å². The molecule has 2 aromatic heterocycles. The van der Waals surface area contributed by atoms with Gasteiger partial charge in [-0.25, -0.2) is 9.97 Å². The van der Waals surface area contributed by atoms with Crippen molar-refractivity contribution in [1.82, 2.24) is 15.0 Å². The summed E-state index contributed by atoms with van der Waals surface area (Å²) in [6, 6.07) is 5.49. The van der Waals surface area contributed by atoms with Crippen molar-refractivity contribution in [3.05, 3.63) is 36.8 Å². The Morgan fingerprint density at radius 1 is 1.22 bits per heavy atom. The molecule has 2 N–H and O–H groups in total. The Morgan fingerprint density at radius 2 is 2.00 bits per heavy atom. The molecule has 0 aromatic carbocycles. The number of rotatable bonds is 5. The molecular weight excluding hydrogens is 232 g/mol. The number of carboxylic acid groups (broad SMARTS) is 1. The zero-order valence-corrected chi connectivity index (χ0v) is 9.58. The van der Waals surface area contributed by atoms with E-state index in [1.165, 1.54) is 0 Å². The van der Waals surface area contributed by atoms with Gasteiger partial charge < -0.3 is 10.4 Å². The molecule has 2 rings (SSSR count). The normalized spacial score (nSPS) is 10.0. The van der Waals surface area contributed by atoms with Gasteiger partial charge in [0.1, 0.15) is 0 Å². The van der Waals surface area contributed by atoms with E-state index >= 15 is 0 Å². The lowest BCUT2D eigenvalue weighted by atomic mass is 10.2. The molecule has 18 heavy (non-hydrogen) atoms. The van der Waals surface area contributed by atoms with Gasteiger partial charge in [0.15, 0.2) is 0 Å². The van der Waals surface area contributed by atoms with E-state index in [1.54, 1.807) is 24.7 Å². The fourth-order valence-electron chi connectivity index (χ4n) is 1.41. The van der Waals surface area contributed by atoms with Crippen LogP contribution >= 0.6 is 0 Å². The van der Waals surface area contributed by atoms with Crippen molar-refractivity contribution in [2.75, 3.05) is 11.9 Å². The smallest absolute Gasteiger partial charge is 0.305 e. The summed E-state index contributed by atoms with van der Waals surface area (Å²) in [5.41, 5.74) is 1.71. The molecule has 2 heterocycles. The first-order valence-corrected chi connectivity index (χ1v) is 5.45. The van der Waals surface area contributed by atoms with Crippen LogP contribution in [0.5, 0.6) is 0 Å². The molecule has 0 bridgehead atoms. The Hall–Kier alpha value is -2.50. The molecule has 0 spiro atoms. The fourth-order valence-corrected chi connectivity index (χ4v) is 1.41. The van der Waals surface area contributed by atoms with Crippen LogP contribution in [0.4, 0.5) is 5.95 Å². The highest BCUT2D eigenvalue weighted by molar-refractivity contribution is 5.67. The number of hydrogen-bond acceptors (Lipinski definition) is 5. The molecule has 0 amide bonds. The van der Waals surface area contributed by atoms with Crippen LogP contribution in [0.15, 0.2) is 36.8 Å². The van der Waals surface area contributed by atoms with Gasteiger partial charge in [-0.1, -0.05) is 0 Å². The third kappa shape index (κ3) is 3.24. The Morgan fingerprint density at radius 3 is 2.72 bits per heavy atom. The molecule has 6 heteroatoms. The van der Waals surface area contributed by atoms with Crippen LogP contribution in [-0.2, 0) is 4.79 Å². The van der Waals surface area contributed by atoms with Gasteiger partial charge in [0.2, 0.25) is 5.95 Å². The maximum Gasteiger partial charge on any atom is 0.305 e. The molecule has 0 aliphatic rings. The molecule has 0 aliphatic heterocycles. The highest BCUT2D eigenvalue weighted by Crippen LogP contribution is 2.15. The average Bonchev–Trinajstić information content (AvgIpc) is 2.40. The quantitative estimate of drug-likeness (QED) is 0.827. The maximum atomic E-state index is 10.4. The second kappa shape index (κ2) is 5.72. The van der Waals surface area contributed by atoms with Crippen molar-refractivity contribution >= 4 is 11.9 Å². The maximum absolute atomic E-state index is 10.4. The number of nitrogens with one attached hydrogen (secondary N) is 1. The van der Waals surface area contributed by atoms with Crippen molar-refractivity contribution in [3.63, 3.8) is 0 Å². The topological polar surface area (TPSA) is 88.0 Å². The van der Waals surface area contributed by atoms with Gasteiger partial charge in [0.25, 0.3) is 0 Å². The summed E-state index contributed by atoms with van der Waals surface area (Å²) < 4.78 is 0. The van der Waals surface area contributed by atoms with Crippen LogP contribution in [0.2, 0.25) is 0 Å². The average molecular weight is 244 g/mol. The van der Waals surface area contributed by atoms with Crippen molar-refractivity contribution in [2.45, 2.75) is 6.42 Å². The highest BCUT2D eigenvalue weighted by Gasteiger charge is 2.02. The minimum atomic E-state index is -0.854. The zero-order chi connectivity index (χ0) is 12.8. The third-order valence-electron chi connectivity index (χ3n) is 2.25. The highest BCUT2D eigenvalue weighted by atomic mass is 16.4. The van der Waals surface area contributed by atoms with E-state index in [9.17, 15) is 4.79 Å². The van der Waals surface area contributed by atoms with Crippen LogP contribution < -0.4 is 5.32 Å². The first-order valence-electron chi connectivity index (χ1n) is 5.45. The number of carbonyl (C=O) groups is 1. The Balaban J connectivity index is 2.08. The molecule has 2 aromatic rings. The number of anilines is 1. The molecule has 0 fully saturated rings. The van der Waals surface area contributed by atoms with E-state index in [1.807, 2.05) is 12.1 Å². The molecule has 6 nitrogen and oxygen atoms in total. The van der Waals surface area contributed by atoms with Crippen LogP contribution in [0.3, 0.4) is 0 Å². The van der Waals surface area contributed by atoms with E-state index < -0.39 is 5.97 Å². The van der Waals surface area contributed by atoms with E-state index in [2.05, 4.69) is 20.3 Å². The molecule has 0 aliphatic carbocycles. The first kappa shape index (κ1) is 12.0. The van der Waals surface area contributed by atoms with Crippen LogP contribution in [0.1, 0.15) is 6.42 Å². The second-order valence-electron chi connectivity index (χ2n) is 3.57. The zero-order valence-electron chi connectivity index (χ0n) is 9.58. The van der Waals surface area contributed by atoms with E-state index in [-0.39, 0.29) is 6.42 Å². The number of nitrogens with zero attached hydrogens (tertiary/aromatic N) is 3. The summed E-state index contributed by atoms with van der Waals surface area (Å²) in [6.07, 6.45) is 5.04.